The van der Waals surface area contributed by atoms with E-state index in [4.69, 9.17) is 4.42 Å². The Bertz CT molecular complexity index is 961. The van der Waals surface area contributed by atoms with Gasteiger partial charge in [-0.1, -0.05) is 0 Å². The van der Waals surface area contributed by atoms with Gasteiger partial charge in [0.1, 0.15) is 12.3 Å². The summed E-state index contributed by atoms with van der Waals surface area (Å²) in [6, 6.07) is 12.2. The van der Waals surface area contributed by atoms with Crippen molar-refractivity contribution in [2.75, 3.05) is 7.05 Å². The van der Waals surface area contributed by atoms with Gasteiger partial charge in [0, 0.05) is 23.3 Å². The van der Waals surface area contributed by atoms with Gasteiger partial charge < -0.3 is 14.1 Å². The van der Waals surface area contributed by atoms with Crippen LogP contribution in [0.15, 0.2) is 52.9 Å². The molecule has 0 saturated heterocycles. The van der Waals surface area contributed by atoms with E-state index in [1.807, 2.05) is 14.0 Å². The van der Waals surface area contributed by atoms with E-state index in [-0.39, 0.29) is 23.4 Å². The molecule has 3 aromatic rings. The lowest BCUT2D eigenvalue weighted by molar-refractivity contribution is -0.925. The highest BCUT2D eigenvalue weighted by Gasteiger charge is 2.23. The average molecular weight is 405 g/mol. The Labute approximate surface area is 164 Å². The molecule has 0 saturated carbocycles. The van der Waals surface area contributed by atoms with E-state index in [9.17, 15) is 18.9 Å². The summed E-state index contributed by atoms with van der Waals surface area (Å²) < 4.78 is 34.5. The molecule has 0 bridgehead atoms. The van der Waals surface area contributed by atoms with Crippen LogP contribution in [0.1, 0.15) is 24.4 Å². The number of nitro groups is 1. The van der Waals surface area contributed by atoms with Crippen LogP contribution in [0.5, 0.6) is 5.75 Å². The van der Waals surface area contributed by atoms with Gasteiger partial charge in [-0.05, 0) is 43.3 Å². The number of hydrogen-bond acceptors (Lipinski definition) is 6. The van der Waals surface area contributed by atoms with Gasteiger partial charge >= 0.3 is 6.61 Å². The van der Waals surface area contributed by atoms with Crippen LogP contribution in [0.2, 0.25) is 0 Å². The van der Waals surface area contributed by atoms with Gasteiger partial charge in [0.15, 0.2) is 6.04 Å². The standard InChI is InChI=1S/C19H18F2N4O4/c1-12(24(2)11-13-3-9-16(10-4-13)28-19(20)21)17-22-23-18(29-17)14-5-7-15(8-6-14)25(26)27/h3-10,12,19H,11H2,1-2H3/p+1/t12-/m0/s1. The van der Waals surface area contributed by atoms with E-state index >= 15 is 0 Å². The second-order valence-electron chi connectivity index (χ2n) is 6.52. The molecule has 1 unspecified atom stereocenters. The Morgan fingerprint density at radius 1 is 1.14 bits per heavy atom. The van der Waals surface area contributed by atoms with Crippen LogP contribution in [0.25, 0.3) is 11.5 Å². The lowest BCUT2D eigenvalue weighted by atomic mass is 10.2. The van der Waals surface area contributed by atoms with Crippen molar-refractivity contribution in [3.63, 3.8) is 0 Å². The maximum Gasteiger partial charge on any atom is 0.387 e. The van der Waals surface area contributed by atoms with Crippen molar-refractivity contribution in [1.82, 2.24) is 10.2 Å². The molecule has 0 aliphatic carbocycles. The van der Waals surface area contributed by atoms with Crippen molar-refractivity contribution in [3.8, 4) is 17.2 Å². The van der Waals surface area contributed by atoms with E-state index in [0.717, 1.165) is 10.5 Å². The number of benzene rings is 2. The number of rotatable bonds is 8. The number of aromatic nitrogens is 2. The number of ether oxygens (including phenoxy) is 1. The number of halogens is 2. The Morgan fingerprint density at radius 3 is 2.38 bits per heavy atom. The molecule has 1 aromatic heterocycles. The van der Waals surface area contributed by atoms with E-state index < -0.39 is 11.5 Å². The van der Waals surface area contributed by atoms with Crippen LogP contribution < -0.4 is 9.64 Å². The van der Waals surface area contributed by atoms with Crippen molar-refractivity contribution in [1.29, 1.82) is 0 Å². The van der Waals surface area contributed by atoms with Gasteiger partial charge in [-0.25, -0.2) is 0 Å². The normalized spacial score (nSPS) is 13.3. The second-order valence-corrected chi connectivity index (χ2v) is 6.52. The third-order valence-electron chi connectivity index (χ3n) is 4.51. The van der Waals surface area contributed by atoms with Crippen molar-refractivity contribution >= 4 is 5.69 Å². The molecule has 8 nitrogen and oxygen atoms in total. The predicted molar refractivity (Wildman–Crippen MR) is 98.5 cm³/mol. The summed E-state index contributed by atoms with van der Waals surface area (Å²) in [4.78, 5) is 11.3. The molecule has 0 fully saturated rings. The van der Waals surface area contributed by atoms with E-state index in [1.54, 1.807) is 24.3 Å². The molecule has 3 rings (SSSR count). The van der Waals surface area contributed by atoms with E-state index in [2.05, 4.69) is 14.9 Å². The Kier molecular flexibility index (Phi) is 6.13. The molecule has 0 spiro atoms. The fourth-order valence-corrected chi connectivity index (χ4v) is 2.73. The quantitative estimate of drug-likeness (QED) is 0.457. The second kappa shape index (κ2) is 8.74. The summed E-state index contributed by atoms with van der Waals surface area (Å²) in [6.07, 6.45) is 0. The van der Waals surface area contributed by atoms with Crippen LogP contribution in [0, 0.1) is 10.1 Å². The van der Waals surface area contributed by atoms with E-state index in [0.29, 0.717) is 18.0 Å². The average Bonchev–Trinajstić information content (AvgIpc) is 3.18. The molecular weight excluding hydrogens is 386 g/mol. The number of nitro benzene ring substituents is 1. The summed E-state index contributed by atoms with van der Waals surface area (Å²) in [5.41, 5.74) is 1.51. The van der Waals surface area contributed by atoms with Crippen molar-refractivity contribution in [2.24, 2.45) is 0 Å². The van der Waals surface area contributed by atoms with Gasteiger partial charge in [0.25, 0.3) is 11.6 Å². The number of quaternary nitrogens is 1. The number of nitrogens with zero attached hydrogens (tertiary/aromatic N) is 3. The molecular formula is C19H19F2N4O4+. The molecule has 29 heavy (non-hydrogen) atoms. The number of nitrogens with one attached hydrogen (secondary N) is 1. The monoisotopic (exact) mass is 405 g/mol. The topological polar surface area (TPSA) is 95.7 Å². The summed E-state index contributed by atoms with van der Waals surface area (Å²) in [6.45, 7) is -0.320. The summed E-state index contributed by atoms with van der Waals surface area (Å²) in [7, 11) is 1.95. The van der Waals surface area contributed by atoms with Crippen LogP contribution in [-0.4, -0.2) is 28.8 Å². The Balaban J connectivity index is 1.65. The SMILES string of the molecule is C[C@@H](c1nnc(-c2ccc([N+](=O)[O-])cc2)o1)[NH+](C)Cc1ccc(OC(F)F)cc1. The lowest BCUT2D eigenvalue weighted by Crippen LogP contribution is -3.07. The fraction of sp³-hybridized carbons (Fsp3) is 0.263. The number of alkyl halides is 2. The van der Waals surface area contributed by atoms with Crippen LogP contribution in [0.3, 0.4) is 0 Å². The van der Waals surface area contributed by atoms with Crippen LogP contribution >= 0.6 is 0 Å². The highest BCUT2D eigenvalue weighted by atomic mass is 19.3. The molecule has 152 valence electrons. The minimum absolute atomic E-state index is 0.0176. The highest BCUT2D eigenvalue weighted by Crippen LogP contribution is 2.22. The maximum absolute atomic E-state index is 12.2. The Morgan fingerprint density at radius 2 is 1.79 bits per heavy atom. The lowest BCUT2D eigenvalue weighted by Gasteiger charge is -2.19. The predicted octanol–water partition coefficient (Wildman–Crippen LogP) is 3.02. The molecule has 0 aliphatic rings. The minimum atomic E-state index is -2.85. The molecule has 2 atom stereocenters. The van der Waals surface area contributed by atoms with Crippen LogP contribution in [0.4, 0.5) is 14.5 Å². The summed E-state index contributed by atoms with van der Waals surface area (Å²) in [5.74, 6) is 0.815. The summed E-state index contributed by atoms with van der Waals surface area (Å²) in [5, 5.41) is 18.9. The first-order chi connectivity index (χ1) is 13.8. The zero-order valence-corrected chi connectivity index (χ0v) is 15.7. The first-order valence-electron chi connectivity index (χ1n) is 8.78. The van der Waals surface area contributed by atoms with Crippen molar-refractivity contribution in [3.05, 3.63) is 70.1 Å². The van der Waals surface area contributed by atoms with Gasteiger partial charge in [-0.3, -0.25) is 10.1 Å². The number of hydrogen-bond donors (Lipinski definition) is 1. The largest absolute Gasteiger partial charge is 0.435 e. The molecule has 1 heterocycles. The highest BCUT2D eigenvalue weighted by molar-refractivity contribution is 5.55. The van der Waals surface area contributed by atoms with Gasteiger partial charge in [-0.2, -0.15) is 8.78 Å². The molecule has 0 amide bonds. The zero-order valence-electron chi connectivity index (χ0n) is 15.7. The van der Waals surface area contributed by atoms with Crippen LogP contribution in [-0.2, 0) is 6.54 Å². The molecule has 1 N–H and O–H groups in total. The molecule has 2 aromatic carbocycles. The third kappa shape index (κ3) is 5.11. The smallest absolute Gasteiger partial charge is 0.387 e. The van der Waals surface area contributed by atoms with E-state index in [1.165, 1.54) is 24.3 Å². The van der Waals surface area contributed by atoms with Gasteiger partial charge in [0.05, 0.1) is 12.0 Å². The fourth-order valence-electron chi connectivity index (χ4n) is 2.73. The molecule has 0 radical (unpaired) electrons. The molecule has 10 heteroatoms. The Hall–Kier alpha value is -3.40. The zero-order chi connectivity index (χ0) is 21.0. The van der Waals surface area contributed by atoms with Gasteiger partial charge in [-0.15, -0.1) is 10.2 Å². The van der Waals surface area contributed by atoms with Gasteiger partial charge in [0.2, 0.25) is 5.89 Å². The number of non-ortho nitro benzene ring substituents is 1. The summed E-state index contributed by atoms with van der Waals surface area (Å²) >= 11 is 0. The maximum atomic E-state index is 12.2. The third-order valence-corrected chi connectivity index (χ3v) is 4.51. The van der Waals surface area contributed by atoms with Crippen molar-refractivity contribution in [2.45, 2.75) is 26.1 Å². The first kappa shape index (κ1) is 20.3. The van der Waals surface area contributed by atoms with Crippen molar-refractivity contribution < 1.29 is 27.8 Å². The molecule has 0 aliphatic heterocycles. The first-order valence-corrected chi connectivity index (χ1v) is 8.78. The minimum Gasteiger partial charge on any atom is -0.435 e.